The minimum absolute atomic E-state index is 0.825. The van der Waals surface area contributed by atoms with E-state index in [2.05, 4.69) is 19.3 Å². The quantitative estimate of drug-likeness (QED) is 0.645. The van der Waals surface area contributed by atoms with Crippen molar-refractivity contribution >= 4 is 0 Å². The Balaban J connectivity index is 2.19. The van der Waals surface area contributed by atoms with Crippen LogP contribution in [-0.2, 0) is 0 Å². The lowest BCUT2D eigenvalue weighted by Gasteiger charge is -2.31. The van der Waals surface area contributed by atoms with E-state index in [1.54, 1.807) is 0 Å². The summed E-state index contributed by atoms with van der Waals surface area (Å²) in [7, 11) is 2.13. The third-order valence-corrected chi connectivity index (χ3v) is 3.46. The van der Waals surface area contributed by atoms with Crippen LogP contribution in [0.4, 0.5) is 0 Å². The highest BCUT2D eigenvalue weighted by molar-refractivity contribution is 4.79. The second-order valence-corrected chi connectivity index (χ2v) is 4.44. The van der Waals surface area contributed by atoms with Crippen LogP contribution in [0, 0.1) is 5.92 Å². The number of nitrogens with one attached hydrogen (secondary N) is 1. The summed E-state index contributed by atoms with van der Waals surface area (Å²) in [6, 6.07) is 0.825. The molecule has 13 heavy (non-hydrogen) atoms. The lowest BCUT2D eigenvalue weighted by Crippen LogP contribution is -2.36. The average molecular weight is 183 g/mol. The Morgan fingerprint density at radius 3 is 2.62 bits per heavy atom. The summed E-state index contributed by atoms with van der Waals surface area (Å²) in [5, 5.41) is 3.48. The molecule has 0 amide bonds. The summed E-state index contributed by atoms with van der Waals surface area (Å²) in [5.41, 5.74) is 0. The van der Waals surface area contributed by atoms with Crippen molar-refractivity contribution in [3.8, 4) is 0 Å². The second kappa shape index (κ2) is 6.42. The van der Waals surface area contributed by atoms with Gasteiger partial charge in [0, 0.05) is 6.04 Å². The molecule has 0 aromatic heterocycles. The van der Waals surface area contributed by atoms with Gasteiger partial charge in [-0.3, -0.25) is 0 Å². The maximum atomic E-state index is 3.48. The first-order valence-electron chi connectivity index (χ1n) is 6.05. The van der Waals surface area contributed by atoms with Crippen LogP contribution in [0.3, 0.4) is 0 Å². The van der Waals surface area contributed by atoms with Gasteiger partial charge in [-0.15, -0.1) is 0 Å². The van der Waals surface area contributed by atoms with Crippen molar-refractivity contribution < 1.29 is 0 Å². The van der Waals surface area contributed by atoms with Crippen LogP contribution < -0.4 is 5.32 Å². The van der Waals surface area contributed by atoms with E-state index in [1.807, 2.05) is 0 Å². The Morgan fingerprint density at radius 2 is 1.92 bits per heavy atom. The molecule has 1 saturated carbocycles. The molecule has 0 aliphatic heterocycles. The molecule has 0 aromatic carbocycles. The van der Waals surface area contributed by atoms with Crippen molar-refractivity contribution in [2.24, 2.45) is 5.92 Å². The third kappa shape index (κ3) is 3.68. The van der Waals surface area contributed by atoms with Gasteiger partial charge in [0.15, 0.2) is 0 Å². The molecular weight excluding hydrogens is 158 g/mol. The molecule has 1 aliphatic rings. The highest BCUT2D eigenvalue weighted by atomic mass is 14.9. The fraction of sp³-hybridized carbons (Fsp3) is 1.00. The summed E-state index contributed by atoms with van der Waals surface area (Å²) >= 11 is 0. The van der Waals surface area contributed by atoms with Crippen LogP contribution in [-0.4, -0.2) is 13.1 Å². The van der Waals surface area contributed by atoms with Gasteiger partial charge < -0.3 is 5.32 Å². The average Bonchev–Trinajstić information content (AvgIpc) is 2.19. The minimum atomic E-state index is 0.825. The summed E-state index contributed by atoms with van der Waals surface area (Å²) in [5.74, 6) is 0.977. The van der Waals surface area contributed by atoms with Gasteiger partial charge in [-0.1, -0.05) is 39.0 Å². The summed E-state index contributed by atoms with van der Waals surface area (Å²) < 4.78 is 0. The Kier molecular flexibility index (Phi) is 5.45. The maximum absolute atomic E-state index is 3.48. The highest BCUT2D eigenvalue weighted by Crippen LogP contribution is 2.28. The van der Waals surface area contributed by atoms with Crippen molar-refractivity contribution in [2.45, 2.75) is 64.3 Å². The van der Waals surface area contributed by atoms with Gasteiger partial charge in [-0.2, -0.15) is 0 Å². The standard InChI is InChI=1S/C12H25N/c1-3-4-5-8-11-9-6-7-10-12(11)13-2/h11-13H,3-10H2,1-2H3. The third-order valence-electron chi connectivity index (χ3n) is 3.46. The van der Waals surface area contributed by atoms with E-state index in [0.29, 0.717) is 0 Å². The van der Waals surface area contributed by atoms with Crippen LogP contribution >= 0.6 is 0 Å². The highest BCUT2D eigenvalue weighted by Gasteiger charge is 2.22. The lowest BCUT2D eigenvalue weighted by atomic mass is 9.81. The summed E-state index contributed by atoms with van der Waals surface area (Å²) in [4.78, 5) is 0. The van der Waals surface area contributed by atoms with Gasteiger partial charge in [0.05, 0.1) is 0 Å². The molecular formula is C12H25N. The van der Waals surface area contributed by atoms with Gasteiger partial charge >= 0.3 is 0 Å². The molecule has 78 valence electrons. The normalized spacial score (nSPS) is 29.1. The van der Waals surface area contributed by atoms with E-state index < -0.39 is 0 Å². The fourth-order valence-electron chi connectivity index (χ4n) is 2.59. The number of hydrogen-bond donors (Lipinski definition) is 1. The van der Waals surface area contributed by atoms with E-state index in [4.69, 9.17) is 0 Å². The molecule has 2 atom stereocenters. The van der Waals surface area contributed by atoms with Crippen LogP contribution in [0.1, 0.15) is 58.3 Å². The van der Waals surface area contributed by atoms with Crippen molar-refractivity contribution in [3.05, 3.63) is 0 Å². The predicted molar refractivity (Wildman–Crippen MR) is 58.9 cm³/mol. The molecule has 0 heterocycles. The minimum Gasteiger partial charge on any atom is -0.317 e. The molecule has 0 radical (unpaired) electrons. The first-order chi connectivity index (χ1) is 6.38. The molecule has 0 bridgehead atoms. The largest absolute Gasteiger partial charge is 0.317 e. The zero-order valence-corrected chi connectivity index (χ0v) is 9.31. The van der Waals surface area contributed by atoms with Crippen molar-refractivity contribution in [1.29, 1.82) is 0 Å². The SMILES string of the molecule is CCCCCC1CCCCC1NC. The van der Waals surface area contributed by atoms with Crippen LogP contribution in [0.2, 0.25) is 0 Å². The number of hydrogen-bond acceptors (Lipinski definition) is 1. The zero-order valence-electron chi connectivity index (χ0n) is 9.31. The molecule has 1 nitrogen and oxygen atoms in total. The molecule has 1 aliphatic carbocycles. The lowest BCUT2D eigenvalue weighted by molar-refractivity contribution is 0.254. The first-order valence-corrected chi connectivity index (χ1v) is 6.05. The zero-order chi connectivity index (χ0) is 9.52. The smallest absolute Gasteiger partial charge is 0.00923 e. The molecule has 1 heteroatoms. The van der Waals surface area contributed by atoms with Gasteiger partial charge in [-0.05, 0) is 32.2 Å². The van der Waals surface area contributed by atoms with Crippen LogP contribution in [0.25, 0.3) is 0 Å². The van der Waals surface area contributed by atoms with Gasteiger partial charge in [0.2, 0.25) is 0 Å². The first kappa shape index (κ1) is 11.0. The Labute approximate surface area is 83.3 Å². The molecule has 0 saturated heterocycles. The molecule has 1 rings (SSSR count). The molecule has 1 N–H and O–H groups in total. The fourth-order valence-corrected chi connectivity index (χ4v) is 2.59. The number of rotatable bonds is 5. The van der Waals surface area contributed by atoms with Crippen molar-refractivity contribution in [2.75, 3.05) is 7.05 Å². The summed E-state index contributed by atoms with van der Waals surface area (Å²) in [6.45, 7) is 2.29. The molecule has 0 aromatic rings. The molecule has 1 fully saturated rings. The van der Waals surface area contributed by atoms with Crippen LogP contribution in [0.15, 0.2) is 0 Å². The predicted octanol–water partition coefficient (Wildman–Crippen LogP) is 3.34. The van der Waals surface area contributed by atoms with Crippen LogP contribution in [0.5, 0.6) is 0 Å². The second-order valence-electron chi connectivity index (χ2n) is 4.44. The van der Waals surface area contributed by atoms with E-state index in [1.165, 1.54) is 51.4 Å². The van der Waals surface area contributed by atoms with E-state index >= 15 is 0 Å². The van der Waals surface area contributed by atoms with E-state index in [0.717, 1.165) is 12.0 Å². The van der Waals surface area contributed by atoms with Gasteiger partial charge in [-0.25, -0.2) is 0 Å². The summed E-state index contributed by atoms with van der Waals surface area (Å²) in [6.07, 6.45) is 11.5. The van der Waals surface area contributed by atoms with Crippen molar-refractivity contribution in [1.82, 2.24) is 5.32 Å². The Hall–Kier alpha value is -0.0400. The number of unbranched alkanes of at least 4 members (excludes halogenated alkanes) is 2. The maximum Gasteiger partial charge on any atom is 0.00923 e. The molecule has 0 spiro atoms. The topological polar surface area (TPSA) is 12.0 Å². The Morgan fingerprint density at radius 1 is 1.15 bits per heavy atom. The molecule has 2 unspecified atom stereocenters. The monoisotopic (exact) mass is 183 g/mol. The van der Waals surface area contributed by atoms with E-state index in [-0.39, 0.29) is 0 Å². The Bertz CT molecular complexity index is 122. The van der Waals surface area contributed by atoms with E-state index in [9.17, 15) is 0 Å². The van der Waals surface area contributed by atoms with Crippen molar-refractivity contribution in [3.63, 3.8) is 0 Å². The van der Waals surface area contributed by atoms with Gasteiger partial charge in [0.25, 0.3) is 0 Å². The van der Waals surface area contributed by atoms with Gasteiger partial charge in [0.1, 0.15) is 0 Å².